The molecule has 0 spiro atoms. The lowest BCUT2D eigenvalue weighted by atomic mass is 10.1. The highest BCUT2D eigenvalue weighted by Gasteiger charge is 2.21. The lowest BCUT2D eigenvalue weighted by molar-refractivity contribution is 0.600. The van der Waals surface area contributed by atoms with Gasteiger partial charge in [0.15, 0.2) is 0 Å². The van der Waals surface area contributed by atoms with Crippen LogP contribution in [-0.4, -0.2) is 8.42 Å². The SMILES string of the molecule is Cc1ccc(N)c(C)c1S(=O)(=O)Nc1cc(Br)ccc1Br. The number of nitrogen functional groups attached to an aromatic ring is 1. The number of hydrogen-bond donors (Lipinski definition) is 2. The van der Waals surface area contributed by atoms with E-state index in [4.69, 9.17) is 5.73 Å². The molecule has 0 atom stereocenters. The number of sulfonamides is 1. The summed E-state index contributed by atoms with van der Waals surface area (Å²) in [6.07, 6.45) is 0. The predicted octanol–water partition coefficient (Wildman–Crippen LogP) is 4.21. The van der Waals surface area contributed by atoms with Crippen molar-refractivity contribution in [3.05, 3.63) is 50.4 Å². The molecule has 3 N–H and O–H groups in total. The zero-order valence-corrected chi connectivity index (χ0v) is 15.4. The summed E-state index contributed by atoms with van der Waals surface area (Å²) in [7, 11) is -3.72. The molecule has 0 aliphatic rings. The van der Waals surface area contributed by atoms with Crippen LogP contribution < -0.4 is 10.5 Å². The second-order valence-electron chi connectivity index (χ2n) is 4.66. The maximum absolute atomic E-state index is 12.7. The summed E-state index contributed by atoms with van der Waals surface area (Å²) in [4.78, 5) is 0.217. The van der Waals surface area contributed by atoms with Crippen molar-refractivity contribution in [2.75, 3.05) is 10.5 Å². The molecular formula is C14H14Br2N2O2S. The summed E-state index contributed by atoms with van der Waals surface area (Å²) in [6.45, 7) is 3.45. The molecule has 0 saturated carbocycles. The molecule has 21 heavy (non-hydrogen) atoms. The molecule has 112 valence electrons. The number of halogens is 2. The van der Waals surface area contributed by atoms with E-state index in [2.05, 4.69) is 36.6 Å². The first-order valence-electron chi connectivity index (χ1n) is 6.06. The molecule has 2 aromatic carbocycles. The van der Waals surface area contributed by atoms with Gasteiger partial charge in [-0.3, -0.25) is 4.72 Å². The Bertz CT molecular complexity index is 805. The first-order chi connectivity index (χ1) is 9.72. The van der Waals surface area contributed by atoms with Crippen molar-refractivity contribution in [1.29, 1.82) is 0 Å². The van der Waals surface area contributed by atoms with E-state index in [1.54, 1.807) is 38.1 Å². The van der Waals surface area contributed by atoms with E-state index in [1.807, 2.05) is 6.07 Å². The Morgan fingerprint density at radius 1 is 1.10 bits per heavy atom. The molecule has 0 bridgehead atoms. The summed E-state index contributed by atoms with van der Waals surface area (Å²) in [5.74, 6) is 0. The van der Waals surface area contributed by atoms with Crippen LogP contribution in [0.2, 0.25) is 0 Å². The van der Waals surface area contributed by atoms with Gasteiger partial charge in [-0.2, -0.15) is 0 Å². The maximum Gasteiger partial charge on any atom is 0.262 e. The van der Waals surface area contributed by atoms with Gasteiger partial charge in [-0.05, 0) is 65.2 Å². The Kier molecular flexibility index (Phi) is 4.65. The third-order valence-electron chi connectivity index (χ3n) is 3.09. The highest BCUT2D eigenvalue weighted by molar-refractivity contribution is 9.11. The smallest absolute Gasteiger partial charge is 0.262 e. The molecule has 0 aliphatic heterocycles. The number of aryl methyl sites for hydroxylation is 1. The molecule has 0 aromatic heterocycles. The van der Waals surface area contributed by atoms with E-state index in [0.717, 1.165) is 4.47 Å². The molecule has 0 saturated heterocycles. The highest BCUT2D eigenvalue weighted by atomic mass is 79.9. The molecule has 7 heteroatoms. The summed E-state index contributed by atoms with van der Waals surface area (Å²) in [5, 5.41) is 0. The van der Waals surface area contributed by atoms with Crippen LogP contribution in [0, 0.1) is 13.8 Å². The topological polar surface area (TPSA) is 72.2 Å². The van der Waals surface area contributed by atoms with Crippen LogP contribution >= 0.6 is 31.9 Å². The molecule has 0 unspecified atom stereocenters. The van der Waals surface area contributed by atoms with Crippen molar-refractivity contribution in [3.63, 3.8) is 0 Å². The van der Waals surface area contributed by atoms with Crippen LogP contribution in [0.1, 0.15) is 11.1 Å². The Hall–Kier alpha value is -1.05. The van der Waals surface area contributed by atoms with Gasteiger partial charge >= 0.3 is 0 Å². The predicted molar refractivity (Wildman–Crippen MR) is 93.0 cm³/mol. The Morgan fingerprint density at radius 3 is 2.43 bits per heavy atom. The van der Waals surface area contributed by atoms with Gasteiger partial charge in [0.25, 0.3) is 10.0 Å². The van der Waals surface area contributed by atoms with E-state index in [1.165, 1.54) is 0 Å². The van der Waals surface area contributed by atoms with Crippen LogP contribution in [-0.2, 0) is 10.0 Å². The zero-order valence-electron chi connectivity index (χ0n) is 11.4. The third kappa shape index (κ3) is 3.41. The molecule has 0 radical (unpaired) electrons. The molecule has 0 heterocycles. The summed E-state index contributed by atoms with van der Waals surface area (Å²) in [6, 6.07) is 8.68. The lowest BCUT2D eigenvalue weighted by Gasteiger charge is -2.15. The van der Waals surface area contributed by atoms with Crippen molar-refractivity contribution < 1.29 is 8.42 Å². The number of benzene rings is 2. The maximum atomic E-state index is 12.7. The monoisotopic (exact) mass is 432 g/mol. The Labute approximate surface area is 141 Å². The molecule has 2 rings (SSSR count). The minimum Gasteiger partial charge on any atom is -0.398 e. The normalized spacial score (nSPS) is 11.4. The Balaban J connectivity index is 2.54. The number of nitrogens with two attached hydrogens (primary N) is 1. The van der Waals surface area contributed by atoms with Crippen LogP contribution in [0.4, 0.5) is 11.4 Å². The number of hydrogen-bond acceptors (Lipinski definition) is 3. The van der Waals surface area contributed by atoms with Crippen molar-refractivity contribution in [2.45, 2.75) is 18.7 Å². The van der Waals surface area contributed by atoms with Crippen molar-refractivity contribution in [1.82, 2.24) is 0 Å². The average Bonchev–Trinajstić information content (AvgIpc) is 2.38. The standard InChI is InChI=1S/C14H14Br2N2O2S/c1-8-3-6-12(17)9(2)14(8)21(19,20)18-13-7-10(15)4-5-11(13)16/h3-7,18H,17H2,1-2H3. The summed E-state index contributed by atoms with van der Waals surface area (Å²) < 4.78 is 29.3. The highest BCUT2D eigenvalue weighted by Crippen LogP contribution is 2.31. The molecule has 0 fully saturated rings. The van der Waals surface area contributed by atoms with Gasteiger partial charge in [0.05, 0.1) is 10.6 Å². The minimum atomic E-state index is -3.72. The number of anilines is 2. The van der Waals surface area contributed by atoms with Gasteiger partial charge in [0.1, 0.15) is 0 Å². The fourth-order valence-electron chi connectivity index (χ4n) is 2.03. The van der Waals surface area contributed by atoms with E-state index >= 15 is 0 Å². The van der Waals surface area contributed by atoms with Gasteiger partial charge in [-0.25, -0.2) is 8.42 Å². The van der Waals surface area contributed by atoms with Crippen LogP contribution in [0.3, 0.4) is 0 Å². The van der Waals surface area contributed by atoms with Gasteiger partial charge < -0.3 is 5.73 Å². The largest absolute Gasteiger partial charge is 0.398 e. The number of rotatable bonds is 3. The molecule has 2 aromatic rings. The van der Waals surface area contributed by atoms with Gasteiger partial charge in [0, 0.05) is 14.6 Å². The summed E-state index contributed by atoms with van der Waals surface area (Å²) in [5.41, 5.74) is 7.94. The molecular weight excluding hydrogens is 420 g/mol. The van der Waals surface area contributed by atoms with E-state index in [-0.39, 0.29) is 4.90 Å². The van der Waals surface area contributed by atoms with E-state index in [0.29, 0.717) is 27.0 Å². The van der Waals surface area contributed by atoms with Crippen LogP contribution in [0.5, 0.6) is 0 Å². The fourth-order valence-corrected chi connectivity index (χ4v) is 4.44. The second-order valence-corrected chi connectivity index (χ2v) is 8.04. The van der Waals surface area contributed by atoms with E-state index < -0.39 is 10.0 Å². The average molecular weight is 434 g/mol. The first-order valence-corrected chi connectivity index (χ1v) is 9.13. The second kappa shape index (κ2) is 5.98. The fraction of sp³-hybridized carbons (Fsp3) is 0.143. The van der Waals surface area contributed by atoms with Crippen molar-refractivity contribution in [3.8, 4) is 0 Å². The van der Waals surface area contributed by atoms with Crippen molar-refractivity contribution in [2.24, 2.45) is 0 Å². The quantitative estimate of drug-likeness (QED) is 0.712. The van der Waals surface area contributed by atoms with Gasteiger partial charge in [-0.15, -0.1) is 0 Å². The number of nitrogens with one attached hydrogen (secondary N) is 1. The van der Waals surface area contributed by atoms with Crippen LogP contribution in [0.15, 0.2) is 44.2 Å². The van der Waals surface area contributed by atoms with Crippen molar-refractivity contribution >= 4 is 53.3 Å². The minimum absolute atomic E-state index is 0.217. The zero-order chi connectivity index (χ0) is 15.8. The Morgan fingerprint density at radius 2 is 1.76 bits per heavy atom. The first kappa shape index (κ1) is 16.3. The third-order valence-corrected chi connectivity index (χ3v) is 5.93. The molecule has 4 nitrogen and oxygen atoms in total. The van der Waals surface area contributed by atoms with Gasteiger partial charge in [0.2, 0.25) is 0 Å². The lowest BCUT2D eigenvalue weighted by Crippen LogP contribution is -2.16. The van der Waals surface area contributed by atoms with E-state index in [9.17, 15) is 8.42 Å². The molecule has 0 amide bonds. The van der Waals surface area contributed by atoms with Crippen LogP contribution in [0.25, 0.3) is 0 Å². The van der Waals surface area contributed by atoms with Gasteiger partial charge in [-0.1, -0.05) is 22.0 Å². The molecule has 0 aliphatic carbocycles. The summed E-state index contributed by atoms with van der Waals surface area (Å²) >= 11 is 6.66.